The highest BCUT2D eigenvalue weighted by Crippen LogP contribution is 2.67. The van der Waals surface area contributed by atoms with Crippen LogP contribution in [0.4, 0.5) is 0 Å². The van der Waals surface area contributed by atoms with Gasteiger partial charge in [0.2, 0.25) is 0 Å². The first-order chi connectivity index (χ1) is 27.5. The van der Waals surface area contributed by atoms with Gasteiger partial charge in [-0.2, -0.15) is 0 Å². The van der Waals surface area contributed by atoms with Crippen LogP contribution < -0.4 is 0 Å². The monoisotopic (exact) mass is 1010 g/mol. The van der Waals surface area contributed by atoms with E-state index in [0.29, 0.717) is 11.5 Å². The number of imide groups is 1. The Morgan fingerprint density at radius 2 is 0.645 bits per heavy atom. The van der Waals surface area contributed by atoms with Gasteiger partial charge in [-0.25, -0.2) is 4.79 Å². The Balaban J connectivity index is 1.69. The molecule has 0 aliphatic carbocycles. The average molecular weight is 1010 g/mol. The van der Waals surface area contributed by atoms with E-state index in [2.05, 4.69) is 0 Å². The molecule has 7 aliphatic rings. The van der Waals surface area contributed by atoms with E-state index in [-0.39, 0.29) is 31.7 Å². The summed E-state index contributed by atoms with van der Waals surface area (Å²) in [6.45, 7) is 42.5. The van der Waals surface area contributed by atoms with Gasteiger partial charge in [-0.1, -0.05) is 145 Å². The molecule has 0 aromatic heterocycles. The van der Waals surface area contributed by atoms with Crippen molar-refractivity contribution in [3.63, 3.8) is 0 Å². The quantitative estimate of drug-likeness (QED) is 0.140. The Morgan fingerprint density at radius 3 is 0.871 bits per heavy atom. The van der Waals surface area contributed by atoms with Crippen molar-refractivity contribution in [3.05, 3.63) is 0 Å². The Morgan fingerprint density at radius 1 is 0.419 bits per heavy atom. The molecule has 7 aliphatic heterocycles. The molecule has 0 atom stereocenters. The van der Waals surface area contributed by atoms with E-state index in [1.54, 1.807) is 0 Å². The molecule has 0 radical (unpaired) electrons. The zero-order chi connectivity index (χ0) is 47.2. The van der Waals surface area contributed by atoms with Gasteiger partial charge in [-0.05, 0) is 12.8 Å². The molecule has 7 fully saturated rings. The highest BCUT2D eigenvalue weighted by molar-refractivity contribution is 7.05. The fourth-order valence-electron chi connectivity index (χ4n) is 7.49. The molecule has 0 spiro atoms. The topological polar surface area (TPSA) is 174 Å². The highest BCUT2D eigenvalue weighted by Gasteiger charge is 2.90. The van der Waals surface area contributed by atoms with E-state index in [0.717, 1.165) is 0 Å². The molecule has 0 N–H and O–H groups in total. The fourth-order valence-corrected chi connectivity index (χ4v) is 65.8. The SMILES string of the molecule is CC(C)(C)[Si]12O[Si]3(CCCCC(=O)ON4C(=O)CCC4=O)O[Si]4(C(C)(C)C)O[Si](C(C)(C)C)(O1)O[Si]1(C(C)(C)C)O[Si](C(C)(C)C)(O2)O[Si](C(C)(C)C)(O3)O[Si](C(C)(C)C)(O4)O1. The maximum Gasteiger partial charge on any atom is 0.484 e. The summed E-state index contributed by atoms with van der Waals surface area (Å²) in [5, 5.41) is -5.51. The third-order valence-corrected chi connectivity index (χ3v) is 52.2. The third-order valence-electron chi connectivity index (χ3n) is 12.0. The molecule has 0 saturated carbocycles. The number of carbonyl (C=O) groups is 3. The van der Waals surface area contributed by atoms with Gasteiger partial charge in [0, 0.05) is 60.6 Å². The molecular formula is C37H75NO16Si8. The van der Waals surface area contributed by atoms with Crippen LogP contribution in [0.15, 0.2) is 0 Å². The van der Waals surface area contributed by atoms with Crippen molar-refractivity contribution in [1.29, 1.82) is 0 Å². The van der Waals surface area contributed by atoms with Crippen molar-refractivity contribution in [2.24, 2.45) is 0 Å². The summed E-state index contributed by atoms with van der Waals surface area (Å²) < 4.78 is 94.9. The van der Waals surface area contributed by atoms with Crippen LogP contribution in [-0.4, -0.2) is 93.3 Å². The van der Waals surface area contributed by atoms with Crippen molar-refractivity contribution in [3.8, 4) is 0 Å². The minimum atomic E-state index is -4.39. The zero-order valence-corrected chi connectivity index (χ0v) is 49.2. The minimum Gasteiger partial charge on any atom is -0.373 e. The Hall–Kier alpha value is -0.135. The first kappa shape index (κ1) is 51.3. The second-order valence-electron chi connectivity index (χ2n) is 24.8. The molecule has 7 saturated heterocycles. The molecule has 0 unspecified atom stereocenters. The summed E-state index contributed by atoms with van der Waals surface area (Å²) in [6, 6.07) is 0.135. The van der Waals surface area contributed by atoms with Crippen molar-refractivity contribution in [2.45, 2.75) is 219 Å². The maximum atomic E-state index is 13.1. The number of nitrogens with zero attached hydrogens (tertiary/aromatic N) is 1. The van der Waals surface area contributed by atoms with Gasteiger partial charge in [-0.15, -0.1) is 5.06 Å². The molecule has 7 rings (SSSR count). The van der Waals surface area contributed by atoms with Crippen molar-refractivity contribution in [1.82, 2.24) is 5.06 Å². The molecule has 25 heteroatoms. The van der Waals surface area contributed by atoms with Gasteiger partial charge in [0.25, 0.3) is 11.8 Å². The molecule has 7 heterocycles. The molecule has 8 bridgehead atoms. The fraction of sp³-hybridized carbons (Fsp3) is 0.919. The highest BCUT2D eigenvalue weighted by atomic mass is 28.6. The van der Waals surface area contributed by atoms with Crippen LogP contribution in [0.2, 0.25) is 41.3 Å². The molecule has 17 nitrogen and oxygen atoms in total. The molecule has 0 aromatic rings. The van der Waals surface area contributed by atoms with Gasteiger partial charge in [0.1, 0.15) is 0 Å². The summed E-state index contributed by atoms with van der Waals surface area (Å²) in [5.74, 6) is -1.80. The van der Waals surface area contributed by atoms with Crippen molar-refractivity contribution < 1.29 is 68.6 Å². The molecular weight excluding hydrogens is 939 g/mol. The van der Waals surface area contributed by atoms with E-state index in [1.165, 1.54) is 0 Å². The summed E-state index contributed by atoms with van der Waals surface area (Å²) in [4.78, 5) is 42.9. The van der Waals surface area contributed by atoms with Crippen LogP contribution >= 0.6 is 0 Å². The maximum absolute atomic E-state index is 13.1. The van der Waals surface area contributed by atoms with E-state index in [1.807, 2.05) is 145 Å². The number of unbranched alkanes of at least 4 members (excludes halogenated alkanes) is 1. The van der Waals surface area contributed by atoms with Crippen LogP contribution in [0.25, 0.3) is 0 Å². The lowest BCUT2D eigenvalue weighted by atomic mass is 10.2. The van der Waals surface area contributed by atoms with Gasteiger partial charge < -0.3 is 54.2 Å². The number of hydroxylamine groups is 2. The Kier molecular flexibility index (Phi) is 12.3. The van der Waals surface area contributed by atoms with E-state index in [9.17, 15) is 14.4 Å². The average Bonchev–Trinajstić information content (AvgIpc) is 3.29. The van der Waals surface area contributed by atoms with Crippen LogP contribution in [0.3, 0.4) is 0 Å². The smallest absolute Gasteiger partial charge is 0.373 e. The van der Waals surface area contributed by atoms with Crippen LogP contribution in [-0.2, 0) is 68.6 Å². The number of carbonyl (C=O) groups excluding carboxylic acids is 3. The third kappa shape index (κ3) is 8.12. The summed E-state index contributed by atoms with van der Waals surface area (Å²) in [5.41, 5.74) is 0. The molecule has 356 valence electrons. The lowest BCUT2D eigenvalue weighted by Crippen LogP contribution is -2.93. The second-order valence-corrected chi connectivity index (χ2v) is 54.8. The normalized spacial score (nSPS) is 39.7. The van der Waals surface area contributed by atoms with Gasteiger partial charge >= 0.3 is 76.4 Å². The number of hydrogen-bond donors (Lipinski definition) is 0. The number of amides is 2. The predicted octanol–water partition coefficient (Wildman–Crippen LogP) is 9.14. The lowest BCUT2D eigenvalue weighted by Gasteiger charge is -2.70. The predicted molar refractivity (Wildman–Crippen MR) is 243 cm³/mol. The summed E-state index contributed by atoms with van der Waals surface area (Å²) >= 11 is 0. The first-order valence-corrected chi connectivity index (χ1v) is 36.0. The van der Waals surface area contributed by atoms with Crippen molar-refractivity contribution in [2.75, 3.05) is 0 Å². The Bertz CT molecular complexity index is 1640. The molecule has 2 amide bonds. The van der Waals surface area contributed by atoms with Gasteiger partial charge in [0.05, 0.1) is 0 Å². The van der Waals surface area contributed by atoms with Crippen molar-refractivity contribution >= 4 is 88.2 Å². The largest absolute Gasteiger partial charge is 0.484 e. The first-order valence-electron chi connectivity index (χ1n) is 22.0. The van der Waals surface area contributed by atoms with Crippen LogP contribution in [0.5, 0.6) is 0 Å². The summed E-state index contributed by atoms with van der Waals surface area (Å²) in [7, 11) is -34.8. The van der Waals surface area contributed by atoms with Crippen LogP contribution in [0.1, 0.15) is 178 Å². The number of hydrogen-bond acceptors (Lipinski definition) is 16. The van der Waals surface area contributed by atoms with Gasteiger partial charge in [0.15, 0.2) is 0 Å². The van der Waals surface area contributed by atoms with Gasteiger partial charge in [-0.3, -0.25) is 9.59 Å². The standard InChI is InChI=1S/C37H75NO16Si8/c1-31(2,3)56-43-55(27-23-22-24-30(41)42-38-28(39)25-26-29(38)40)44-57(32(4,5)6)48-59(46-56,34(10,11)12)52-62(37(19,20)21)53-60(47-56,35(13,14)15)49-58(45-55,33(7,8)9)51-61(50-57,54-62)36(16,17)18/h22-27H2,1-21H3. The van der Waals surface area contributed by atoms with E-state index >= 15 is 0 Å². The molecule has 0 aromatic carbocycles. The number of rotatable bonds is 6. The summed E-state index contributed by atoms with van der Waals surface area (Å²) in [6.07, 6.45) is 0.481. The second kappa shape index (κ2) is 14.9. The Labute approximate surface area is 379 Å². The molecule has 62 heavy (non-hydrogen) atoms. The zero-order valence-electron chi connectivity index (χ0n) is 41.2. The van der Waals surface area contributed by atoms with Crippen LogP contribution in [0, 0.1) is 0 Å². The minimum absolute atomic E-state index is 0.00148. The van der Waals surface area contributed by atoms with E-state index < -0.39 is 123 Å². The lowest BCUT2D eigenvalue weighted by molar-refractivity contribution is -0.197. The van der Waals surface area contributed by atoms with E-state index in [4.69, 9.17) is 54.2 Å².